The number of aromatic nitrogens is 2. The summed E-state index contributed by atoms with van der Waals surface area (Å²) in [6, 6.07) is 8.39. The van der Waals surface area contributed by atoms with Gasteiger partial charge in [0.1, 0.15) is 0 Å². The lowest BCUT2D eigenvalue weighted by Crippen LogP contribution is -2.04. The first kappa shape index (κ1) is 10.9. The molecule has 0 atom stereocenters. The normalized spacial score (nSPS) is 10.6. The van der Waals surface area contributed by atoms with Gasteiger partial charge in [-0.2, -0.15) is 5.10 Å². The average Bonchev–Trinajstić information content (AvgIpc) is 2.80. The summed E-state index contributed by atoms with van der Waals surface area (Å²) in [6.07, 6.45) is 5.79. The predicted octanol–water partition coefficient (Wildman–Crippen LogP) is 2.07. The molecule has 0 fully saturated rings. The summed E-state index contributed by atoms with van der Waals surface area (Å²) in [6.45, 7) is 2.84. The Bertz CT molecular complexity index is 446. The highest BCUT2D eigenvalue weighted by Crippen LogP contribution is 2.17. The van der Waals surface area contributed by atoms with E-state index < -0.39 is 0 Å². The van der Waals surface area contributed by atoms with Gasteiger partial charge in [-0.05, 0) is 44.0 Å². The first-order chi connectivity index (χ1) is 7.81. The van der Waals surface area contributed by atoms with Crippen molar-refractivity contribution in [3.05, 3.63) is 47.8 Å². The molecule has 0 saturated heterocycles. The van der Waals surface area contributed by atoms with Crippen LogP contribution in [0.5, 0.6) is 0 Å². The molecule has 0 unspecified atom stereocenters. The van der Waals surface area contributed by atoms with Gasteiger partial charge < -0.3 is 5.73 Å². The Labute approximate surface area is 95.9 Å². The molecule has 0 spiro atoms. The standard InChI is InChI=1S/C13H17N3/c1-11-5-6-13(16-9-3-8-15-16)12(10-11)4-2-7-14/h3,5-6,8-10H,2,4,7,14H2,1H3. The first-order valence-corrected chi connectivity index (χ1v) is 5.61. The Morgan fingerprint density at radius 3 is 2.94 bits per heavy atom. The third kappa shape index (κ3) is 2.31. The molecule has 0 amide bonds. The number of hydrogen-bond donors (Lipinski definition) is 1. The van der Waals surface area contributed by atoms with Gasteiger partial charge in [0.05, 0.1) is 5.69 Å². The van der Waals surface area contributed by atoms with Gasteiger partial charge in [0.15, 0.2) is 0 Å². The summed E-state index contributed by atoms with van der Waals surface area (Å²) in [5, 5.41) is 4.27. The van der Waals surface area contributed by atoms with Crippen LogP contribution < -0.4 is 5.73 Å². The molecular weight excluding hydrogens is 198 g/mol. The van der Waals surface area contributed by atoms with E-state index in [0.29, 0.717) is 0 Å². The number of aryl methyl sites for hydroxylation is 2. The maximum Gasteiger partial charge on any atom is 0.0677 e. The van der Waals surface area contributed by atoms with E-state index in [1.807, 2.05) is 16.9 Å². The topological polar surface area (TPSA) is 43.8 Å². The minimum absolute atomic E-state index is 0.729. The van der Waals surface area contributed by atoms with Gasteiger partial charge in [-0.1, -0.05) is 17.7 Å². The van der Waals surface area contributed by atoms with Gasteiger partial charge in [-0.15, -0.1) is 0 Å². The van der Waals surface area contributed by atoms with Crippen molar-refractivity contribution in [2.24, 2.45) is 5.73 Å². The molecule has 1 aromatic carbocycles. The summed E-state index contributed by atoms with van der Waals surface area (Å²) in [4.78, 5) is 0. The van der Waals surface area contributed by atoms with Crippen LogP contribution in [0.2, 0.25) is 0 Å². The van der Waals surface area contributed by atoms with Crippen molar-refractivity contribution in [3.8, 4) is 5.69 Å². The van der Waals surface area contributed by atoms with Crippen LogP contribution in [0.15, 0.2) is 36.7 Å². The Kier molecular flexibility index (Phi) is 3.37. The van der Waals surface area contributed by atoms with Crippen LogP contribution in [0.3, 0.4) is 0 Å². The SMILES string of the molecule is Cc1ccc(-n2cccn2)c(CCCN)c1. The molecule has 0 aliphatic heterocycles. The zero-order valence-electron chi connectivity index (χ0n) is 9.56. The maximum absolute atomic E-state index is 5.56. The minimum atomic E-state index is 0.729. The monoisotopic (exact) mass is 215 g/mol. The third-order valence-electron chi connectivity index (χ3n) is 2.64. The Hall–Kier alpha value is -1.61. The number of nitrogens with two attached hydrogens (primary N) is 1. The minimum Gasteiger partial charge on any atom is -0.330 e. The van der Waals surface area contributed by atoms with Crippen molar-refractivity contribution in [2.75, 3.05) is 6.54 Å². The van der Waals surface area contributed by atoms with Crippen molar-refractivity contribution in [3.63, 3.8) is 0 Å². The van der Waals surface area contributed by atoms with E-state index in [2.05, 4.69) is 30.2 Å². The van der Waals surface area contributed by atoms with E-state index in [9.17, 15) is 0 Å². The summed E-state index contributed by atoms with van der Waals surface area (Å²) < 4.78 is 1.91. The zero-order chi connectivity index (χ0) is 11.4. The zero-order valence-corrected chi connectivity index (χ0v) is 9.56. The molecule has 2 N–H and O–H groups in total. The number of benzene rings is 1. The Morgan fingerprint density at radius 2 is 2.25 bits per heavy atom. The lowest BCUT2D eigenvalue weighted by Gasteiger charge is -2.10. The van der Waals surface area contributed by atoms with Crippen LogP contribution in [0, 0.1) is 6.92 Å². The Morgan fingerprint density at radius 1 is 1.38 bits per heavy atom. The van der Waals surface area contributed by atoms with Crippen molar-refractivity contribution < 1.29 is 0 Å². The highest BCUT2D eigenvalue weighted by molar-refractivity contribution is 5.42. The molecule has 0 saturated carbocycles. The highest BCUT2D eigenvalue weighted by atomic mass is 15.3. The number of nitrogens with zero attached hydrogens (tertiary/aromatic N) is 2. The van der Waals surface area contributed by atoms with Crippen molar-refractivity contribution in [1.82, 2.24) is 9.78 Å². The fourth-order valence-corrected chi connectivity index (χ4v) is 1.84. The summed E-state index contributed by atoms with van der Waals surface area (Å²) in [5.41, 5.74) is 9.31. The molecule has 0 bridgehead atoms. The molecule has 0 aliphatic carbocycles. The van der Waals surface area contributed by atoms with E-state index in [1.165, 1.54) is 11.1 Å². The molecule has 2 rings (SSSR count). The number of rotatable bonds is 4. The van der Waals surface area contributed by atoms with E-state index in [0.717, 1.165) is 25.1 Å². The first-order valence-electron chi connectivity index (χ1n) is 5.61. The van der Waals surface area contributed by atoms with Gasteiger partial charge in [0.25, 0.3) is 0 Å². The van der Waals surface area contributed by atoms with Crippen molar-refractivity contribution in [2.45, 2.75) is 19.8 Å². The second kappa shape index (κ2) is 4.94. The quantitative estimate of drug-likeness (QED) is 0.848. The van der Waals surface area contributed by atoms with Crippen LogP contribution in [-0.2, 0) is 6.42 Å². The smallest absolute Gasteiger partial charge is 0.0677 e. The summed E-state index contributed by atoms with van der Waals surface area (Å²) in [7, 11) is 0. The average molecular weight is 215 g/mol. The van der Waals surface area contributed by atoms with Gasteiger partial charge in [-0.25, -0.2) is 4.68 Å². The van der Waals surface area contributed by atoms with Gasteiger partial charge >= 0.3 is 0 Å². The Balaban J connectivity index is 2.36. The largest absolute Gasteiger partial charge is 0.330 e. The van der Waals surface area contributed by atoms with E-state index in [1.54, 1.807) is 6.20 Å². The van der Waals surface area contributed by atoms with Crippen LogP contribution >= 0.6 is 0 Å². The van der Waals surface area contributed by atoms with E-state index in [-0.39, 0.29) is 0 Å². The lowest BCUT2D eigenvalue weighted by atomic mass is 10.0. The van der Waals surface area contributed by atoms with Gasteiger partial charge in [0.2, 0.25) is 0 Å². The molecule has 0 radical (unpaired) electrons. The maximum atomic E-state index is 5.56. The van der Waals surface area contributed by atoms with Gasteiger partial charge in [0, 0.05) is 12.4 Å². The second-order valence-electron chi connectivity index (χ2n) is 3.98. The van der Waals surface area contributed by atoms with Crippen LogP contribution in [0.25, 0.3) is 5.69 Å². The molecule has 1 heterocycles. The van der Waals surface area contributed by atoms with Crippen LogP contribution in [-0.4, -0.2) is 16.3 Å². The third-order valence-corrected chi connectivity index (χ3v) is 2.64. The number of hydrogen-bond acceptors (Lipinski definition) is 2. The predicted molar refractivity (Wildman–Crippen MR) is 65.7 cm³/mol. The summed E-state index contributed by atoms with van der Waals surface area (Å²) in [5.74, 6) is 0. The van der Waals surface area contributed by atoms with Crippen molar-refractivity contribution >= 4 is 0 Å². The molecule has 1 aromatic heterocycles. The van der Waals surface area contributed by atoms with E-state index in [4.69, 9.17) is 5.73 Å². The molecule has 84 valence electrons. The molecule has 3 heteroatoms. The fourth-order valence-electron chi connectivity index (χ4n) is 1.84. The van der Waals surface area contributed by atoms with Crippen molar-refractivity contribution in [1.29, 1.82) is 0 Å². The highest BCUT2D eigenvalue weighted by Gasteiger charge is 2.04. The van der Waals surface area contributed by atoms with Gasteiger partial charge in [-0.3, -0.25) is 0 Å². The molecule has 3 nitrogen and oxygen atoms in total. The van der Waals surface area contributed by atoms with Crippen LogP contribution in [0.4, 0.5) is 0 Å². The molecule has 2 aromatic rings. The second-order valence-corrected chi connectivity index (χ2v) is 3.98. The molecule has 0 aliphatic rings. The van der Waals surface area contributed by atoms with E-state index >= 15 is 0 Å². The summed E-state index contributed by atoms with van der Waals surface area (Å²) >= 11 is 0. The molecular formula is C13H17N3. The van der Waals surface area contributed by atoms with Crippen LogP contribution in [0.1, 0.15) is 17.5 Å². The lowest BCUT2D eigenvalue weighted by molar-refractivity contribution is 0.803. The fraction of sp³-hybridized carbons (Fsp3) is 0.308. The molecule has 16 heavy (non-hydrogen) atoms.